The molecule has 0 aliphatic carbocycles. The van der Waals surface area contributed by atoms with Crippen molar-refractivity contribution in [1.82, 2.24) is 5.32 Å². The number of likely N-dealkylation sites (N-methyl/N-ethyl adjacent to an activating group) is 1. The van der Waals surface area contributed by atoms with Crippen molar-refractivity contribution in [2.45, 2.75) is 30.0 Å². The van der Waals surface area contributed by atoms with Crippen molar-refractivity contribution >= 4 is 9.84 Å². The van der Waals surface area contributed by atoms with Gasteiger partial charge in [-0.25, -0.2) is 8.42 Å². The maximum absolute atomic E-state index is 12.0. The fraction of sp³-hybridized carbons (Fsp3) is 0.500. The first-order chi connectivity index (χ1) is 7.96. The molecule has 0 saturated heterocycles. The summed E-state index contributed by atoms with van der Waals surface area (Å²) < 4.78 is 29.5. The summed E-state index contributed by atoms with van der Waals surface area (Å²) in [6, 6.07) is 5.27. The first-order valence-corrected chi connectivity index (χ1v) is 7.19. The molecule has 0 radical (unpaired) electrons. The molecule has 0 fully saturated rings. The van der Waals surface area contributed by atoms with E-state index in [1.54, 1.807) is 26.0 Å². The van der Waals surface area contributed by atoms with Gasteiger partial charge in [0.05, 0.1) is 16.2 Å². The summed E-state index contributed by atoms with van der Waals surface area (Å²) >= 11 is 0. The predicted molar refractivity (Wildman–Crippen MR) is 66.1 cm³/mol. The van der Waals surface area contributed by atoms with E-state index in [4.69, 9.17) is 4.74 Å². The van der Waals surface area contributed by atoms with E-state index >= 15 is 0 Å². The summed E-state index contributed by atoms with van der Waals surface area (Å²) in [6.07, 6.45) is 0. The lowest BCUT2D eigenvalue weighted by atomic mass is 10.1. The van der Waals surface area contributed by atoms with Crippen molar-refractivity contribution in [2.24, 2.45) is 0 Å². The van der Waals surface area contributed by atoms with Crippen LogP contribution in [0.1, 0.15) is 25.5 Å². The summed E-state index contributed by atoms with van der Waals surface area (Å²) in [5.41, 5.74) is 1.02. The number of benzene rings is 1. The lowest BCUT2D eigenvalue weighted by molar-refractivity contribution is 0.317. The van der Waals surface area contributed by atoms with Gasteiger partial charge in [0.2, 0.25) is 0 Å². The molecule has 0 aromatic heterocycles. The van der Waals surface area contributed by atoms with Crippen molar-refractivity contribution in [3.63, 3.8) is 0 Å². The quantitative estimate of drug-likeness (QED) is 0.889. The minimum atomic E-state index is -3.22. The fourth-order valence-electron chi connectivity index (χ4n) is 1.88. The molecular formula is C12H17NO3S. The summed E-state index contributed by atoms with van der Waals surface area (Å²) in [5, 5.41) is 2.71. The molecule has 1 aliphatic heterocycles. The van der Waals surface area contributed by atoms with Crippen LogP contribution in [-0.4, -0.2) is 27.3 Å². The standard InChI is InChI=1S/C12H17NO3S/c1-8(2)17(14,15)9-4-5-10-11(13-3)7-16-12(10)6-9/h4-6,8,11,13H,7H2,1-3H3. The highest BCUT2D eigenvalue weighted by atomic mass is 32.2. The van der Waals surface area contributed by atoms with Gasteiger partial charge >= 0.3 is 0 Å². The molecule has 1 N–H and O–H groups in total. The highest BCUT2D eigenvalue weighted by molar-refractivity contribution is 7.92. The Hall–Kier alpha value is -1.07. The Morgan fingerprint density at radius 2 is 2.12 bits per heavy atom. The average molecular weight is 255 g/mol. The number of rotatable bonds is 3. The zero-order valence-corrected chi connectivity index (χ0v) is 11.0. The molecule has 2 rings (SSSR count). The van der Waals surface area contributed by atoms with Gasteiger partial charge in [-0.1, -0.05) is 6.07 Å². The van der Waals surface area contributed by atoms with Gasteiger partial charge < -0.3 is 10.1 Å². The number of ether oxygens (including phenoxy) is 1. The highest BCUT2D eigenvalue weighted by Gasteiger charge is 2.26. The molecule has 0 amide bonds. The van der Waals surface area contributed by atoms with Crippen molar-refractivity contribution in [3.8, 4) is 5.75 Å². The third-order valence-corrected chi connectivity index (χ3v) is 5.22. The Morgan fingerprint density at radius 1 is 1.41 bits per heavy atom. The fourth-order valence-corrected chi connectivity index (χ4v) is 2.95. The lowest BCUT2D eigenvalue weighted by Gasteiger charge is -2.10. The molecule has 4 nitrogen and oxygen atoms in total. The summed E-state index contributed by atoms with van der Waals surface area (Å²) in [6.45, 7) is 3.91. The van der Waals surface area contributed by atoms with Crippen LogP contribution in [0.2, 0.25) is 0 Å². The van der Waals surface area contributed by atoms with E-state index in [9.17, 15) is 8.42 Å². The first kappa shape index (κ1) is 12.4. The van der Waals surface area contributed by atoms with Crippen LogP contribution in [0.4, 0.5) is 0 Å². The molecule has 5 heteroatoms. The van der Waals surface area contributed by atoms with E-state index in [-0.39, 0.29) is 6.04 Å². The molecule has 0 bridgehead atoms. The monoisotopic (exact) mass is 255 g/mol. The van der Waals surface area contributed by atoms with Crippen LogP contribution in [0.3, 0.4) is 0 Å². The smallest absolute Gasteiger partial charge is 0.180 e. The second kappa shape index (κ2) is 4.31. The minimum absolute atomic E-state index is 0.154. The molecule has 94 valence electrons. The first-order valence-electron chi connectivity index (χ1n) is 5.64. The van der Waals surface area contributed by atoms with Crippen LogP contribution in [0.5, 0.6) is 5.75 Å². The Labute approximate surface area is 102 Å². The molecule has 1 aromatic carbocycles. The van der Waals surface area contributed by atoms with Crippen molar-refractivity contribution in [3.05, 3.63) is 23.8 Å². The number of hydrogen-bond acceptors (Lipinski definition) is 4. The van der Waals surface area contributed by atoms with Crippen molar-refractivity contribution < 1.29 is 13.2 Å². The van der Waals surface area contributed by atoms with Crippen LogP contribution in [-0.2, 0) is 9.84 Å². The van der Waals surface area contributed by atoms with E-state index in [0.29, 0.717) is 17.3 Å². The molecule has 1 aromatic rings. The highest BCUT2D eigenvalue weighted by Crippen LogP contribution is 2.34. The predicted octanol–water partition coefficient (Wildman–Crippen LogP) is 1.52. The Kier molecular flexibility index (Phi) is 3.14. The Morgan fingerprint density at radius 3 is 2.71 bits per heavy atom. The van der Waals surface area contributed by atoms with Crippen molar-refractivity contribution in [2.75, 3.05) is 13.7 Å². The largest absolute Gasteiger partial charge is 0.491 e. The summed E-state index contributed by atoms with van der Waals surface area (Å²) in [4.78, 5) is 0.336. The molecule has 0 spiro atoms. The maximum atomic E-state index is 12.0. The Balaban J connectivity index is 2.43. The van der Waals surface area contributed by atoms with Crippen LogP contribution in [0.25, 0.3) is 0 Å². The van der Waals surface area contributed by atoms with E-state index in [0.717, 1.165) is 5.56 Å². The molecule has 1 atom stereocenters. The number of fused-ring (bicyclic) bond motifs is 1. The minimum Gasteiger partial charge on any atom is -0.491 e. The van der Waals surface area contributed by atoms with Gasteiger partial charge in [0.25, 0.3) is 0 Å². The van der Waals surface area contributed by atoms with Gasteiger partial charge in [0.1, 0.15) is 12.4 Å². The van der Waals surface area contributed by atoms with Gasteiger partial charge in [-0.15, -0.1) is 0 Å². The number of sulfone groups is 1. The van der Waals surface area contributed by atoms with Gasteiger partial charge in [0.15, 0.2) is 9.84 Å². The van der Waals surface area contributed by atoms with E-state index in [2.05, 4.69) is 5.32 Å². The third kappa shape index (κ3) is 2.05. The van der Waals surface area contributed by atoms with Crippen LogP contribution in [0, 0.1) is 0 Å². The Bertz CT molecular complexity index is 523. The molecule has 17 heavy (non-hydrogen) atoms. The SMILES string of the molecule is CNC1COc2cc(S(=O)(=O)C(C)C)ccc21. The molecule has 1 aliphatic rings. The molecule has 0 saturated carbocycles. The topological polar surface area (TPSA) is 55.4 Å². The summed E-state index contributed by atoms with van der Waals surface area (Å²) in [7, 11) is -1.36. The number of hydrogen-bond donors (Lipinski definition) is 1. The maximum Gasteiger partial charge on any atom is 0.180 e. The zero-order chi connectivity index (χ0) is 12.6. The van der Waals surface area contributed by atoms with Gasteiger partial charge in [-0.05, 0) is 33.0 Å². The molecule has 1 unspecified atom stereocenters. The average Bonchev–Trinajstić information content (AvgIpc) is 2.70. The summed E-state index contributed by atoms with van der Waals surface area (Å²) in [5.74, 6) is 0.672. The second-order valence-electron chi connectivity index (χ2n) is 4.45. The van der Waals surface area contributed by atoms with Crippen molar-refractivity contribution in [1.29, 1.82) is 0 Å². The van der Waals surface area contributed by atoms with Crippen LogP contribution < -0.4 is 10.1 Å². The lowest BCUT2D eigenvalue weighted by Crippen LogP contribution is -2.17. The van der Waals surface area contributed by atoms with Gasteiger partial charge in [0, 0.05) is 5.56 Å². The van der Waals surface area contributed by atoms with Crippen LogP contribution >= 0.6 is 0 Å². The zero-order valence-electron chi connectivity index (χ0n) is 10.2. The molecule has 1 heterocycles. The molecular weight excluding hydrogens is 238 g/mol. The van der Waals surface area contributed by atoms with E-state index < -0.39 is 15.1 Å². The van der Waals surface area contributed by atoms with Gasteiger partial charge in [-0.3, -0.25) is 0 Å². The second-order valence-corrected chi connectivity index (χ2v) is 6.95. The number of nitrogens with one attached hydrogen (secondary N) is 1. The van der Waals surface area contributed by atoms with Crippen LogP contribution in [0.15, 0.2) is 23.1 Å². The van der Waals surface area contributed by atoms with E-state index in [1.165, 1.54) is 0 Å². The normalized spacial score (nSPS) is 19.2. The van der Waals surface area contributed by atoms with Gasteiger partial charge in [-0.2, -0.15) is 0 Å². The van der Waals surface area contributed by atoms with E-state index in [1.807, 2.05) is 13.1 Å². The third-order valence-electron chi connectivity index (χ3n) is 3.06.